The smallest absolute Gasteiger partial charge is 0.309 e. The van der Waals surface area contributed by atoms with Crippen molar-refractivity contribution in [3.05, 3.63) is 12.2 Å². The fourth-order valence-electron chi connectivity index (χ4n) is 15.7. The van der Waals surface area contributed by atoms with Gasteiger partial charge in [0.05, 0.1) is 17.3 Å². The third-order valence-corrected chi connectivity index (χ3v) is 19.8. The summed E-state index contributed by atoms with van der Waals surface area (Å²) in [5, 5.41) is 13.2. The first-order valence-electron chi connectivity index (χ1n) is 26.1. The molecule has 9 nitrogen and oxygen atoms in total. The van der Waals surface area contributed by atoms with E-state index in [9.17, 15) is 19.5 Å². The van der Waals surface area contributed by atoms with E-state index in [1.807, 2.05) is 0 Å². The van der Waals surface area contributed by atoms with Crippen LogP contribution in [0.2, 0.25) is 0 Å². The molecule has 0 aromatic rings. The van der Waals surface area contributed by atoms with E-state index in [0.717, 1.165) is 69.8 Å². The Morgan fingerprint density at radius 1 is 0.847 bits per heavy atom. The summed E-state index contributed by atoms with van der Waals surface area (Å²) in [5.41, 5.74) is -1.21. The van der Waals surface area contributed by atoms with Crippen LogP contribution in [0.5, 0.6) is 0 Å². The minimum absolute atomic E-state index is 0.0104. The van der Waals surface area contributed by atoms with Crippen molar-refractivity contribution in [3.8, 4) is 0 Å². The number of hydrogen-bond acceptors (Lipinski definition) is 6. The zero-order valence-electron chi connectivity index (χ0n) is 44.1. The second-order valence-corrected chi connectivity index (χ2v) is 23.4. The van der Waals surface area contributed by atoms with Crippen LogP contribution in [0, 0.1) is 73.4 Å². The van der Waals surface area contributed by atoms with Crippen molar-refractivity contribution in [2.45, 2.75) is 178 Å². The molecule has 7 aliphatic rings. The molecule has 0 aromatic carbocycles. The summed E-state index contributed by atoms with van der Waals surface area (Å²) in [7, 11) is 0. The molecule has 0 aromatic heterocycles. The molecule has 2 amide bonds. The van der Waals surface area contributed by atoms with Crippen LogP contribution in [0.25, 0.3) is 0 Å². The topological polar surface area (TPSA) is 116 Å². The van der Waals surface area contributed by atoms with E-state index in [-0.39, 0.29) is 96.0 Å². The highest BCUT2D eigenvalue weighted by Gasteiger charge is 2.72. The first-order chi connectivity index (χ1) is 29.7. The molecule has 9 heteroatoms. The summed E-state index contributed by atoms with van der Waals surface area (Å²) in [6.07, 6.45) is 9.67. The Bertz CT molecular complexity index is 1910. The zero-order chi connectivity index (χ0) is 48.5. The van der Waals surface area contributed by atoms with Gasteiger partial charge in [-0.25, -0.2) is 0 Å². The summed E-state index contributed by atoms with van der Waals surface area (Å²) in [5.74, 6) is -0.0283. The monoisotopic (exact) mass is 826 g/mol. The van der Waals surface area contributed by atoms with Crippen LogP contribution in [0.1, 0.15) is 168 Å². The first kappa shape index (κ1) is 37.2. The summed E-state index contributed by atoms with van der Waals surface area (Å²) >= 11 is 0. The molecule has 0 radical (unpaired) electrons. The number of carboxylic acid groups (broad SMARTS) is 1. The maximum Gasteiger partial charge on any atom is 0.309 e. The maximum absolute atomic E-state index is 15.2. The van der Waals surface area contributed by atoms with Crippen molar-refractivity contribution in [1.82, 2.24) is 15.1 Å². The third kappa shape index (κ3) is 6.76. The van der Waals surface area contributed by atoms with Crippen molar-refractivity contribution in [3.63, 3.8) is 0 Å². The molecule has 6 saturated carbocycles. The summed E-state index contributed by atoms with van der Waals surface area (Å²) in [6, 6.07) is -1.74. The van der Waals surface area contributed by atoms with Crippen LogP contribution < -0.4 is 5.32 Å². The summed E-state index contributed by atoms with van der Waals surface area (Å²) in [6.45, 7) is 21.7. The van der Waals surface area contributed by atoms with E-state index in [4.69, 9.17) is 13.0 Å². The number of aliphatic carboxylic acids is 1. The van der Waals surface area contributed by atoms with E-state index >= 15 is 4.79 Å². The molecule has 1 aliphatic heterocycles. The minimum atomic E-state index is -2.67. The van der Waals surface area contributed by atoms with Gasteiger partial charge in [-0.1, -0.05) is 60.6 Å². The Labute approximate surface area is 365 Å². The summed E-state index contributed by atoms with van der Waals surface area (Å²) in [4.78, 5) is 57.5. The van der Waals surface area contributed by atoms with Crippen molar-refractivity contribution >= 4 is 23.8 Å². The molecular formula is C50H81N3O6. The van der Waals surface area contributed by atoms with Gasteiger partial charge in [-0.15, -0.1) is 0 Å². The number of rotatable bonds is 9. The van der Waals surface area contributed by atoms with Gasteiger partial charge in [0.2, 0.25) is 11.8 Å². The molecule has 12 atom stereocenters. The molecule has 6 aliphatic carbocycles. The highest BCUT2D eigenvalue weighted by atomic mass is 16.5. The van der Waals surface area contributed by atoms with Gasteiger partial charge in [-0.3, -0.25) is 24.1 Å². The maximum atomic E-state index is 15.2. The quantitative estimate of drug-likeness (QED) is 0.176. The van der Waals surface area contributed by atoms with Crippen molar-refractivity contribution in [2.24, 2.45) is 73.4 Å². The largest absolute Gasteiger partial charge is 0.481 e. The molecule has 0 bridgehead atoms. The normalized spacial score (nSPS) is 44.6. The molecule has 7 rings (SSSR count). The molecule has 332 valence electrons. The van der Waals surface area contributed by atoms with Gasteiger partial charge in [-0.05, 0) is 156 Å². The number of allylic oxidation sites excluding steroid dienone is 1. The summed E-state index contributed by atoms with van der Waals surface area (Å²) < 4.78 is 53.5. The van der Waals surface area contributed by atoms with E-state index in [0.29, 0.717) is 24.2 Å². The molecular weight excluding hydrogens is 739 g/mol. The lowest BCUT2D eigenvalue weighted by molar-refractivity contribution is -0.249. The van der Waals surface area contributed by atoms with Crippen molar-refractivity contribution < 1.29 is 37.2 Å². The van der Waals surface area contributed by atoms with Crippen LogP contribution in [-0.2, 0) is 23.9 Å². The van der Waals surface area contributed by atoms with E-state index in [1.54, 1.807) is 18.7 Å². The number of piperazine rings is 1. The number of hydrogen-bond donors (Lipinski definition) is 2. The standard InChI is InChI=1S/C50H81N3O6/c1-30(2)32-16-21-50(42(56)51-37-28-34(45(37,7)8)41(55)53-26-24-52(25-27-53)31(3)4)23-22-48(12)33(40(32)50)14-15-36-47(11)19-18-38(59-39(54)29-44(5,6)43(57)58)46(9,10)35(47)17-20-49(36,48)13/h31-38,40H,1,14-29H2,2-13H3,(H,51,56)(H,57,58)/t32-,33+,34+,35-,36+,37?,38-,40+,47-,48+,49+,50-/m0/s1/i3D3,4D3. The number of carbonyl (C=O) groups excluding carboxylic acids is 3. The predicted octanol–water partition coefficient (Wildman–Crippen LogP) is 9.14. The number of fused-ring (bicyclic) bond motifs is 7. The molecule has 0 spiro atoms. The Balaban J connectivity index is 1.05. The number of ether oxygens (including phenoxy) is 1. The average Bonchev–Trinajstić information content (AvgIpc) is 3.58. The highest BCUT2D eigenvalue weighted by molar-refractivity contribution is 5.86. The van der Waals surface area contributed by atoms with E-state index in [1.165, 1.54) is 4.90 Å². The van der Waals surface area contributed by atoms with Crippen LogP contribution >= 0.6 is 0 Å². The van der Waals surface area contributed by atoms with Crippen molar-refractivity contribution in [2.75, 3.05) is 26.2 Å². The number of nitrogens with one attached hydrogen (secondary N) is 1. The van der Waals surface area contributed by atoms with Crippen LogP contribution in [0.3, 0.4) is 0 Å². The number of carbonyl (C=O) groups is 4. The van der Waals surface area contributed by atoms with Crippen LogP contribution in [0.4, 0.5) is 0 Å². The second-order valence-electron chi connectivity index (χ2n) is 23.4. The van der Waals surface area contributed by atoms with Gasteiger partial charge >= 0.3 is 11.9 Å². The number of nitrogens with zero attached hydrogens (tertiary/aromatic N) is 2. The second kappa shape index (κ2) is 14.9. The Morgan fingerprint density at radius 2 is 1.53 bits per heavy atom. The number of amides is 2. The SMILES string of the molecule is [2H]C([2H])([2H])C(N1CCN(C(=O)[C@H]2CC(NC(=O)[C@]34CC[C@@H](C(=C)C)[C@@H]3[C@H]3CC[C@@H]5[C@@]6(C)CC[C@H](OC(=O)CC(C)(C)C(=O)O)C(C)(C)[C@@H]6CC[C@@]5(C)[C@]3(C)CC4)C2(C)C)CC1)C([2H])([2H])[2H]. The van der Waals surface area contributed by atoms with Gasteiger partial charge < -0.3 is 20.1 Å². The van der Waals surface area contributed by atoms with Gasteiger partial charge in [0.1, 0.15) is 6.10 Å². The van der Waals surface area contributed by atoms with Gasteiger partial charge in [-0.2, -0.15) is 0 Å². The Hall–Kier alpha value is -2.42. The first-order valence-corrected chi connectivity index (χ1v) is 23.1. The van der Waals surface area contributed by atoms with Crippen LogP contribution in [0.15, 0.2) is 12.2 Å². The fraction of sp³-hybridized carbons (Fsp3) is 0.880. The predicted molar refractivity (Wildman–Crippen MR) is 232 cm³/mol. The zero-order valence-corrected chi connectivity index (χ0v) is 38.1. The molecule has 2 N–H and O–H groups in total. The average molecular weight is 826 g/mol. The van der Waals surface area contributed by atoms with Gasteiger partial charge in [0, 0.05) is 57.8 Å². The highest BCUT2D eigenvalue weighted by Crippen LogP contribution is 2.77. The Morgan fingerprint density at radius 3 is 2.14 bits per heavy atom. The molecule has 59 heavy (non-hydrogen) atoms. The molecule has 7 fully saturated rings. The van der Waals surface area contributed by atoms with Gasteiger partial charge in [0.25, 0.3) is 0 Å². The van der Waals surface area contributed by atoms with E-state index in [2.05, 4.69) is 67.3 Å². The number of esters is 1. The third-order valence-electron chi connectivity index (χ3n) is 19.8. The Kier molecular flexibility index (Phi) is 9.36. The lowest BCUT2D eigenvalue weighted by Gasteiger charge is -2.73. The van der Waals surface area contributed by atoms with E-state index < -0.39 is 47.9 Å². The number of carboxylic acids is 1. The van der Waals surface area contributed by atoms with Crippen molar-refractivity contribution in [1.29, 1.82) is 0 Å². The van der Waals surface area contributed by atoms with Gasteiger partial charge in [0.15, 0.2) is 0 Å². The minimum Gasteiger partial charge on any atom is -0.481 e. The molecule has 1 unspecified atom stereocenters. The molecule has 1 saturated heterocycles. The fourth-order valence-corrected chi connectivity index (χ4v) is 15.7. The van der Waals surface area contributed by atoms with Crippen LogP contribution in [-0.4, -0.2) is 83.0 Å². The lowest BCUT2D eigenvalue weighted by atomic mass is 9.32. The lowest BCUT2D eigenvalue weighted by Crippen LogP contribution is -2.68. The molecule has 1 heterocycles.